The van der Waals surface area contributed by atoms with Gasteiger partial charge < -0.3 is 15.2 Å². The lowest BCUT2D eigenvalue weighted by atomic mass is 10.0. The van der Waals surface area contributed by atoms with Gasteiger partial charge in [0.25, 0.3) is 11.6 Å². The number of amides is 1. The van der Waals surface area contributed by atoms with Gasteiger partial charge in [-0.1, -0.05) is 13.8 Å². The lowest BCUT2D eigenvalue weighted by Gasteiger charge is -2.23. The molecule has 7 heteroatoms. The third-order valence-electron chi connectivity index (χ3n) is 2.55. The molecule has 0 bridgehead atoms. The molecular weight excluding hydrogens is 252 g/mol. The highest BCUT2D eigenvalue weighted by Gasteiger charge is 2.18. The third-order valence-corrected chi connectivity index (χ3v) is 2.55. The Morgan fingerprint density at radius 1 is 1.21 bits per heavy atom. The number of rotatable bonds is 5. The first-order valence-corrected chi connectivity index (χ1v) is 5.59. The summed E-state index contributed by atoms with van der Waals surface area (Å²) in [5.41, 5.74) is 0.00867. The molecule has 0 unspecified atom stereocenters. The monoisotopic (exact) mass is 265 g/mol. The highest BCUT2D eigenvalue weighted by molar-refractivity contribution is 5.96. The summed E-state index contributed by atoms with van der Waals surface area (Å²) in [6, 6.07) is 3.78. The Labute approximate surface area is 109 Å². The molecule has 102 valence electrons. The summed E-state index contributed by atoms with van der Waals surface area (Å²) in [6.07, 6.45) is 0. The molecule has 0 heterocycles. The number of benzene rings is 1. The Morgan fingerprint density at radius 2 is 1.74 bits per heavy atom. The highest BCUT2D eigenvalue weighted by atomic mass is 16.6. The lowest BCUT2D eigenvalue weighted by Crippen LogP contribution is -2.50. The average Bonchev–Trinajstić information content (AvgIpc) is 2.34. The van der Waals surface area contributed by atoms with E-state index in [1.807, 2.05) is 0 Å². The average molecular weight is 265 g/mol. The van der Waals surface area contributed by atoms with Crippen LogP contribution in [0.25, 0.3) is 0 Å². The topological polar surface area (TPSA) is 112 Å². The second-order valence-electron chi connectivity index (χ2n) is 4.32. The minimum atomic E-state index is -1.37. The van der Waals surface area contributed by atoms with Crippen molar-refractivity contribution >= 4 is 17.6 Å². The number of carboxylic acid groups (broad SMARTS) is 1. The maximum Gasteiger partial charge on any atom is 0.269 e. The zero-order valence-corrected chi connectivity index (χ0v) is 10.5. The Hall–Kier alpha value is -2.44. The molecule has 0 saturated carbocycles. The van der Waals surface area contributed by atoms with Gasteiger partial charge in [0, 0.05) is 17.7 Å². The van der Waals surface area contributed by atoms with Gasteiger partial charge in [-0.15, -0.1) is 0 Å². The maximum atomic E-state index is 11.8. The van der Waals surface area contributed by atoms with Gasteiger partial charge in [0.15, 0.2) is 0 Å². The van der Waals surface area contributed by atoms with Crippen molar-refractivity contribution < 1.29 is 19.6 Å². The standard InChI is InChI=1S/C12H14N2O5/c1-7(2)10(12(16)17)13-11(15)8-3-5-9(6-4-8)14(18)19/h3-7,10H,1-2H3,(H,13,15)(H,16,17)/p-1/t10-/m1/s1. The molecule has 0 fully saturated rings. The molecule has 0 radical (unpaired) electrons. The van der Waals surface area contributed by atoms with E-state index in [2.05, 4.69) is 5.32 Å². The van der Waals surface area contributed by atoms with Gasteiger partial charge in [0.2, 0.25) is 0 Å². The van der Waals surface area contributed by atoms with Crippen LogP contribution in [0.5, 0.6) is 0 Å². The van der Waals surface area contributed by atoms with Crippen LogP contribution in [0.4, 0.5) is 5.69 Å². The molecule has 1 aromatic carbocycles. The third kappa shape index (κ3) is 3.77. The Bertz CT molecular complexity index is 495. The Kier molecular flexibility index (Phi) is 4.57. The highest BCUT2D eigenvalue weighted by Crippen LogP contribution is 2.12. The first-order valence-electron chi connectivity index (χ1n) is 5.59. The molecule has 0 aliphatic rings. The number of nitrogens with zero attached hydrogens (tertiary/aromatic N) is 1. The molecule has 1 atom stereocenters. The number of non-ortho nitro benzene ring substituents is 1. The fourth-order valence-corrected chi connectivity index (χ4v) is 1.46. The van der Waals surface area contributed by atoms with Gasteiger partial charge in [-0.3, -0.25) is 14.9 Å². The predicted molar refractivity (Wildman–Crippen MR) is 64.2 cm³/mol. The maximum absolute atomic E-state index is 11.8. The summed E-state index contributed by atoms with van der Waals surface area (Å²) in [4.78, 5) is 32.5. The molecule has 1 aromatic rings. The summed E-state index contributed by atoms with van der Waals surface area (Å²) in [5, 5.41) is 23.6. The predicted octanol–water partition coefficient (Wildman–Crippen LogP) is 0.0991. The molecule has 0 aromatic heterocycles. The zero-order valence-electron chi connectivity index (χ0n) is 10.5. The van der Waals surface area contributed by atoms with E-state index in [1.54, 1.807) is 13.8 Å². The fraction of sp³-hybridized carbons (Fsp3) is 0.333. The summed E-state index contributed by atoms with van der Waals surface area (Å²) in [7, 11) is 0. The summed E-state index contributed by atoms with van der Waals surface area (Å²) >= 11 is 0. The van der Waals surface area contributed by atoms with Gasteiger partial charge >= 0.3 is 0 Å². The number of nitrogens with one attached hydrogen (secondary N) is 1. The SMILES string of the molecule is CC(C)[C@@H](NC(=O)c1ccc([N+](=O)[O-])cc1)C(=O)[O-]. The Balaban J connectivity index is 2.83. The van der Waals surface area contributed by atoms with Crippen LogP contribution in [0.3, 0.4) is 0 Å². The number of carbonyl (C=O) groups excluding carboxylic acids is 2. The van der Waals surface area contributed by atoms with E-state index in [1.165, 1.54) is 24.3 Å². The van der Waals surface area contributed by atoms with Crippen LogP contribution in [0.1, 0.15) is 24.2 Å². The first-order chi connectivity index (χ1) is 8.82. The van der Waals surface area contributed by atoms with E-state index in [0.717, 1.165) is 0 Å². The van der Waals surface area contributed by atoms with Crippen molar-refractivity contribution in [3.05, 3.63) is 39.9 Å². The van der Waals surface area contributed by atoms with Crippen molar-refractivity contribution in [2.24, 2.45) is 5.92 Å². The summed E-state index contributed by atoms with van der Waals surface area (Å²) in [5.74, 6) is -2.31. The van der Waals surface area contributed by atoms with E-state index < -0.39 is 22.8 Å². The zero-order chi connectivity index (χ0) is 14.6. The summed E-state index contributed by atoms with van der Waals surface area (Å²) in [6.45, 7) is 3.27. The normalized spacial score (nSPS) is 11.9. The van der Waals surface area contributed by atoms with E-state index in [4.69, 9.17) is 0 Å². The number of carbonyl (C=O) groups is 2. The smallest absolute Gasteiger partial charge is 0.269 e. The molecule has 0 saturated heterocycles. The van der Waals surface area contributed by atoms with Crippen LogP contribution in [0, 0.1) is 16.0 Å². The van der Waals surface area contributed by atoms with Crippen LogP contribution in [0.2, 0.25) is 0 Å². The van der Waals surface area contributed by atoms with Crippen molar-refractivity contribution in [3.8, 4) is 0 Å². The van der Waals surface area contributed by atoms with Gasteiger partial charge in [0.1, 0.15) is 0 Å². The van der Waals surface area contributed by atoms with Crippen molar-refractivity contribution in [1.82, 2.24) is 5.32 Å². The molecule has 1 N–H and O–H groups in total. The van der Waals surface area contributed by atoms with Gasteiger partial charge in [-0.2, -0.15) is 0 Å². The number of hydrogen-bond donors (Lipinski definition) is 1. The van der Waals surface area contributed by atoms with Crippen molar-refractivity contribution in [2.45, 2.75) is 19.9 Å². The second kappa shape index (κ2) is 5.94. The number of nitro groups is 1. The lowest BCUT2D eigenvalue weighted by molar-refractivity contribution is -0.384. The molecule has 1 rings (SSSR count). The minimum Gasteiger partial charge on any atom is -0.548 e. The van der Waals surface area contributed by atoms with E-state index in [-0.39, 0.29) is 17.2 Å². The van der Waals surface area contributed by atoms with Crippen molar-refractivity contribution in [3.63, 3.8) is 0 Å². The van der Waals surface area contributed by atoms with E-state index in [0.29, 0.717) is 0 Å². The Morgan fingerprint density at radius 3 is 2.11 bits per heavy atom. The first kappa shape index (κ1) is 14.6. The fourth-order valence-electron chi connectivity index (χ4n) is 1.46. The van der Waals surface area contributed by atoms with Crippen molar-refractivity contribution in [1.29, 1.82) is 0 Å². The largest absolute Gasteiger partial charge is 0.548 e. The van der Waals surface area contributed by atoms with E-state index in [9.17, 15) is 24.8 Å². The number of aliphatic carboxylic acids is 1. The molecule has 1 amide bonds. The minimum absolute atomic E-state index is 0.142. The number of nitro benzene ring substituents is 1. The van der Waals surface area contributed by atoms with Crippen LogP contribution in [-0.2, 0) is 4.79 Å². The molecule has 7 nitrogen and oxygen atoms in total. The van der Waals surface area contributed by atoms with Gasteiger partial charge in [-0.05, 0) is 18.1 Å². The van der Waals surface area contributed by atoms with Crippen LogP contribution in [-0.4, -0.2) is 22.8 Å². The van der Waals surface area contributed by atoms with Crippen LogP contribution in [0.15, 0.2) is 24.3 Å². The van der Waals surface area contributed by atoms with Crippen molar-refractivity contribution in [2.75, 3.05) is 0 Å². The second-order valence-corrected chi connectivity index (χ2v) is 4.32. The number of hydrogen-bond acceptors (Lipinski definition) is 5. The molecule has 0 aliphatic heterocycles. The van der Waals surface area contributed by atoms with Crippen LogP contribution >= 0.6 is 0 Å². The molecular formula is C12H13N2O5-. The van der Waals surface area contributed by atoms with Crippen LogP contribution < -0.4 is 10.4 Å². The van der Waals surface area contributed by atoms with E-state index >= 15 is 0 Å². The molecule has 0 aliphatic carbocycles. The quantitative estimate of drug-likeness (QED) is 0.599. The summed E-state index contributed by atoms with van der Waals surface area (Å²) < 4.78 is 0. The molecule has 19 heavy (non-hydrogen) atoms. The molecule has 0 spiro atoms. The van der Waals surface area contributed by atoms with Gasteiger partial charge in [0.05, 0.1) is 16.9 Å². The number of carboxylic acids is 1. The van der Waals surface area contributed by atoms with Gasteiger partial charge in [-0.25, -0.2) is 0 Å².